The van der Waals surface area contributed by atoms with Gasteiger partial charge in [-0.1, -0.05) is 36.4 Å². The lowest BCUT2D eigenvalue weighted by Gasteiger charge is -2.01. The van der Waals surface area contributed by atoms with Crippen molar-refractivity contribution in [2.24, 2.45) is 0 Å². The van der Waals surface area contributed by atoms with Crippen LogP contribution in [0.4, 0.5) is 0 Å². The Labute approximate surface area is 132 Å². The molecule has 4 heteroatoms. The van der Waals surface area contributed by atoms with Crippen molar-refractivity contribution in [3.63, 3.8) is 0 Å². The van der Waals surface area contributed by atoms with Crippen LogP contribution in [0.25, 0.3) is 33.6 Å². The maximum absolute atomic E-state index is 9.54. The van der Waals surface area contributed by atoms with Gasteiger partial charge in [0.15, 0.2) is 0 Å². The molecule has 2 aromatic heterocycles. The molecule has 0 radical (unpaired) electrons. The van der Waals surface area contributed by atoms with Crippen LogP contribution in [0.2, 0.25) is 0 Å². The van der Waals surface area contributed by atoms with E-state index in [2.05, 4.69) is 21.0 Å². The van der Waals surface area contributed by atoms with Gasteiger partial charge < -0.3 is 4.98 Å². The number of allylic oxidation sites excluding steroid dienone is 1. The molecule has 0 aliphatic carbocycles. The summed E-state index contributed by atoms with van der Waals surface area (Å²) in [6, 6.07) is 19.8. The Hall–Kier alpha value is -3.45. The van der Waals surface area contributed by atoms with Crippen LogP contribution < -0.4 is 0 Å². The Bertz CT molecular complexity index is 1040. The van der Waals surface area contributed by atoms with E-state index in [1.54, 1.807) is 6.20 Å². The van der Waals surface area contributed by atoms with E-state index >= 15 is 0 Å². The minimum Gasteiger partial charge on any atom is -0.337 e. The molecule has 2 heterocycles. The van der Waals surface area contributed by atoms with Crippen molar-refractivity contribution in [2.75, 3.05) is 0 Å². The van der Waals surface area contributed by atoms with E-state index in [0.717, 1.165) is 27.5 Å². The lowest BCUT2D eigenvalue weighted by molar-refractivity contribution is 1.27. The van der Waals surface area contributed by atoms with E-state index in [9.17, 15) is 5.26 Å². The summed E-state index contributed by atoms with van der Waals surface area (Å²) in [6.07, 6.45) is 3.58. The molecule has 0 fully saturated rings. The lowest BCUT2D eigenvalue weighted by Crippen LogP contribution is -1.87. The summed E-state index contributed by atoms with van der Waals surface area (Å²) >= 11 is 0. The molecule has 4 nitrogen and oxygen atoms in total. The molecule has 0 amide bonds. The Morgan fingerprint density at radius 3 is 2.78 bits per heavy atom. The molecule has 0 aliphatic heterocycles. The first-order valence-corrected chi connectivity index (χ1v) is 7.26. The predicted octanol–water partition coefficient (Wildman–Crippen LogP) is 4.18. The smallest absolute Gasteiger partial charge is 0.149 e. The Morgan fingerprint density at radius 2 is 1.91 bits per heavy atom. The van der Waals surface area contributed by atoms with Gasteiger partial charge in [0.25, 0.3) is 0 Å². The fourth-order valence-corrected chi connectivity index (χ4v) is 2.63. The number of H-pyrrole nitrogens is 1. The molecular weight excluding hydrogens is 284 g/mol. The number of aromatic amines is 1. The lowest BCUT2D eigenvalue weighted by atomic mass is 10.1. The maximum Gasteiger partial charge on any atom is 0.149 e. The van der Waals surface area contributed by atoms with Crippen molar-refractivity contribution in [3.8, 4) is 6.07 Å². The van der Waals surface area contributed by atoms with Crippen LogP contribution in [-0.4, -0.2) is 15.0 Å². The summed E-state index contributed by atoms with van der Waals surface area (Å²) in [5.41, 5.74) is 4.03. The second-order valence-corrected chi connectivity index (χ2v) is 5.19. The summed E-state index contributed by atoms with van der Waals surface area (Å²) in [5.74, 6) is 0.571. The van der Waals surface area contributed by atoms with Gasteiger partial charge in [0.05, 0.1) is 22.1 Å². The molecule has 1 N–H and O–H groups in total. The molecule has 0 unspecified atom stereocenters. The number of nitrogens with one attached hydrogen (secondary N) is 1. The number of hydrogen-bond acceptors (Lipinski definition) is 3. The van der Waals surface area contributed by atoms with Gasteiger partial charge in [0.2, 0.25) is 0 Å². The fourth-order valence-electron chi connectivity index (χ4n) is 2.63. The van der Waals surface area contributed by atoms with Crippen molar-refractivity contribution in [3.05, 3.63) is 72.2 Å². The minimum absolute atomic E-state index is 0.486. The molecule has 0 spiro atoms. The van der Waals surface area contributed by atoms with E-state index in [-0.39, 0.29) is 0 Å². The summed E-state index contributed by atoms with van der Waals surface area (Å²) < 4.78 is 0. The highest BCUT2D eigenvalue weighted by Crippen LogP contribution is 2.23. The molecule has 0 aliphatic rings. The van der Waals surface area contributed by atoms with Gasteiger partial charge in [-0.15, -0.1) is 0 Å². The zero-order valence-electron chi connectivity index (χ0n) is 12.2. The number of fused-ring (bicyclic) bond motifs is 2. The average Bonchev–Trinajstić information content (AvgIpc) is 3.03. The Balaban J connectivity index is 1.88. The molecule has 0 atom stereocenters. The van der Waals surface area contributed by atoms with Crippen molar-refractivity contribution in [2.45, 2.75) is 0 Å². The first kappa shape index (κ1) is 13.2. The molecule has 108 valence electrons. The maximum atomic E-state index is 9.54. The highest BCUT2D eigenvalue weighted by atomic mass is 14.9. The molecule has 0 saturated heterocycles. The van der Waals surface area contributed by atoms with Crippen LogP contribution >= 0.6 is 0 Å². The Morgan fingerprint density at radius 1 is 1.04 bits per heavy atom. The van der Waals surface area contributed by atoms with Crippen molar-refractivity contribution in [1.82, 2.24) is 15.0 Å². The first-order valence-electron chi connectivity index (χ1n) is 7.26. The second kappa shape index (κ2) is 5.39. The minimum atomic E-state index is 0.486. The van der Waals surface area contributed by atoms with Crippen molar-refractivity contribution < 1.29 is 0 Å². The number of benzene rings is 2. The zero-order chi connectivity index (χ0) is 15.6. The summed E-state index contributed by atoms with van der Waals surface area (Å²) in [4.78, 5) is 12.1. The summed E-state index contributed by atoms with van der Waals surface area (Å²) in [7, 11) is 0. The molecule has 0 saturated carbocycles. The third-order valence-electron chi connectivity index (χ3n) is 3.73. The average molecular weight is 296 g/mol. The van der Waals surface area contributed by atoms with Crippen molar-refractivity contribution >= 4 is 33.6 Å². The van der Waals surface area contributed by atoms with Gasteiger partial charge in [-0.25, -0.2) is 4.98 Å². The SMILES string of the molecule is N#CC(=Cc1cccc2cccnc12)c1nc2ccccc2[nH]1. The van der Waals surface area contributed by atoms with Crippen molar-refractivity contribution in [1.29, 1.82) is 5.26 Å². The van der Waals surface area contributed by atoms with E-state index in [0.29, 0.717) is 11.4 Å². The molecule has 2 aromatic carbocycles. The summed E-state index contributed by atoms with van der Waals surface area (Å²) in [6.45, 7) is 0. The number of nitrogens with zero attached hydrogens (tertiary/aromatic N) is 3. The van der Waals surface area contributed by atoms with E-state index in [1.165, 1.54) is 0 Å². The molecular formula is C19H12N4. The third-order valence-corrected chi connectivity index (χ3v) is 3.73. The van der Waals surface area contributed by atoms with Crippen LogP contribution in [0.1, 0.15) is 11.4 Å². The Kier molecular flexibility index (Phi) is 3.10. The largest absolute Gasteiger partial charge is 0.337 e. The zero-order valence-corrected chi connectivity index (χ0v) is 12.2. The van der Waals surface area contributed by atoms with Gasteiger partial charge in [-0.05, 0) is 24.3 Å². The number of rotatable bonds is 2. The van der Waals surface area contributed by atoms with E-state index in [1.807, 2.05) is 60.7 Å². The highest BCUT2D eigenvalue weighted by molar-refractivity contribution is 5.96. The number of para-hydroxylation sites is 3. The predicted molar refractivity (Wildman–Crippen MR) is 91.3 cm³/mol. The summed E-state index contributed by atoms with van der Waals surface area (Å²) in [5, 5.41) is 10.6. The van der Waals surface area contributed by atoms with Crippen LogP contribution in [-0.2, 0) is 0 Å². The molecule has 4 aromatic rings. The molecule has 0 bridgehead atoms. The normalized spacial score (nSPS) is 11.7. The van der Waals surface area contributed by atoms with Gasteiger partial charge in [0, 0.05) is 17.1 Å². The third kappa shape index (κ3) is 2.34. The number of hydrogen-bond donors (Lipinski definition) is 1. The monoisotopic (exact) mass is 296 g/mol. The van der Waals surface area contributed by atoms with Gasteiger partial charge in [-0.2, -0.15) is 5.26 Å². The number of nitriles is 1. The first-order chi connectivity index (χ1) is 11.3. The molecule has 23 heavy (non-hydrogen) atoms. The van der Waals surface area contributed by atoms with Gasteiger partial charge >= 0.3 is 0 Å². The number of imidazole rings is 1. The van der Waals surface area contributed by atoms with E-state index < -0.39 is 0 Å². The van der Waals surface area contributed by atoms with Crippen LogP contribution in [0, 0.1) is 11.3 Å². The van der Waals surface area contributed by atoms with Crippen LogP contribution in [0.15, 0.2) is 60.8 Å². The topological polar surface area (TPSA) is 65.4 Å². The quantitative estimate of drug-likeness (QED) is 0.564. The second-order valence-electron chi connectivity index (χ2n) is 5.19. The van der Waals surface area contributed by atoms with Crippen LogP contribution in [0.3, 0.4) is 0 Å². The fraction of sp³-hybridized carbons (Fsp3) is 0. The number of pyridine rings is 1. The van der Waals surface area contributed by atoms with Gasteiger partial charge in [-0.3, -0.25) is 4.98 Å². The van der Waals surface area contributed by atoms with Gasteiger partial charge in [0.1, 0.15) is 11.9 Å². The highest BCUT2D eigenvalue weighted by Gasteiger charge is 2.09. The van der Waals surface area contributed by atoms with Crippen LogP contribution in [0.5, 0.6) is 0 Å². The molecule has 4 rings (SSSR count). The number of aromatic nitrogens is 3. The van der Waals surface area contributed by atoms with E-state index in [4.69, 9.17) is 0 Å². The standard InChI is InChI=1S/C19H12N4/c20-12-15(19-22-16-8-1-2-9-17(16)23-19)11-14-6-3-5-13-7-4-10-21-18(13)14/h1-11H,(H,22,23).